The van der Waals surface area contributed by atoms with Crippen molar-refractivity contribution in [1.82, 2.24) is 0 Å². The Balaban J connectivity index is 3.51. The Morgan fingerprint density at radius 3 is 2.33 bits per heavy atom. The average Bonchev–Trinajstić information content (AvgIpc) is 2.26. The van der Waals surface area contributed by atoms with E-state index < -0.39 is 0 Å². The Labute approximate surface area is 95.0 Å². The fourth-order valence-electron chi connectivity index (χ4n) is 1.73. The SMILES string of the molecule is CCCCCCCC(=CCCC=O)CC. The first-order valence-corrected chi connectivity index (χ1v) is 6.46. The molecule has 0 unspecified atom stereocenters. The normalized spacial score (nSPS) is 11.7. The Hall–Kier alpha value is -0.590. The number of hydrogen-bond acceptors (Lipinski definition) is 1. The molecule has 0 aliphatic heterocycles. The summed E-state index contributed by atoms with van der Waals surface area (Å²) in [4.78, 5) is 10.2. The standard InChI is InChI=1S/C14H26O/c1-3-5-6-7-8-11-14(4-2)12-9-10-13-15/h12-13H,3-11H2,1-2H3. The van der Waals surface area contributed by atoms with Gasteiger partial charge in [-0.1, -0.05) is 51.2 Å². The van der Waals surface area contributed by atoms with Crippen LogP contribution in [0.3, 0.4) is 0 Å². The maximum Gasteiger partial charge on any atom is 0.120 e. The van der Waals surface area contributed by atoms with Gasteiger partial charge in [-0.2, -0.15) is 0 Å². The number of rotatable bonds is 10. The second kappa shape index (κ2) is 11.5. The van der Waals surface area contributed by atoms with E-state index in [2.05, 4.69) is 19.9 Å². The van der Waals surface area contributed by atoms with E-state index in [1.165, 1.54) is 44.1 Å². The first-order chi connectivity index (χ1) is 7.35. The first kappa shape index (κ1) is 14.4. The summed E-state index contributed by atoms with van der Waals surface area (Å²) >= 11 is 0. The lowest BCUT2D eigenvalue weighted by Crippen LogP contribution is -1.85. The summed E-state index contributed by atoms with van der Waals surface area (Å²) in [6.07, 6.45) is 14.0. The predicted molar refractivity (Wildman–Crippen MR) is 67.0 cm³/mol. The average molecular weight is 210 g/mol. The number of allylic oxidation sites excluding steroid dienone is 2. The van der Waals surface area contributed by atoms with Crippen molar-refractivity contribution in [2.24, 2.45) is 0 Å². The van der Waals surface area contributed by atoms with Crippen LogP contribution in [-0.2, 0) is 4.79 Å². The van der Waals surface area contributed by atoms with Crippen molar-refractivity contribution in [2.75, 3.05) is 0 Å². The van der Waals surface area contributed by atoms with Crippen molar-refractivity contribution in [1.29, 1.82) is 0 Å². The van der Waals surface area contributed by atoms with Gasteiger partial charge in [-0.05, 0) is 25.7 Å². The largest absolute Gasteiger partial charge is 0.303 e. The molecule has 0 aromatic heterocycles. The number of unbranched alkanes of at least 4 members (excludes halogenated alkanes) is 5. The second-order valence-electron chi connectivity index (χ2n) is 4.12. The minimum absolute atomic E-state index is 0.680. The Morgan fingerprint density at radius 2 is 1.73 bits per heavy atom. The van der Waals surface area contributed by atoms with Gasteiger partial charge in [0.2, 0.25) is 0 Å². The lowest BCUT2D eigenvalue weighted by molar-refractivity contribution is -0.107. The van der Waals surface area contributed by atoms with Gasteiger partial charge in [0.05, 0.1) is 0 Å². The third kappa shape index (κ3) is 9.71. The van der Waals surface area contributed by atoms with Crippen LogP contribution in [0.5, 0.6) is 0 Å². The molecule has 1 nitrogen and oxygen atoms in total. The van der Waals surface area contributed by atoms with Crippen LogP contribution in [0.4, 0.5) is 0 Å². The second-order valence-corrected chi connectivity index (χ2v) is 4.12. The number of hydrogen-bond donors (Lipinski definition) is 0. The van der Waals surface area contributed by atoms with Crippen LogP contribution in [-0.4, -0.2) is 6.29 Å². The van der Waals surface area contributed by atoms with Crippen LogP contribution in [0.25, 0.3) is 0 Å². The predicted octanol–water partition coefficient (Wildman–Crippen LogP) is 4.66. The minimum Gasteiger partial charge on any atom is -0.303 e. The molecule has 0 saturated carbocycles. The molecule has 0 bridgehead atoms. The van der Waals surface area contributed by atoms with Gasteiger partial charge in [0.15, 0.2) is 0 Å². The van der Waals surface area contributed by atoms with Crippen molar-refractivity contribution < 1.29 is 4.79 Å². The molecule has 1 heteroatoms. The fourth-order valence-corrected chi connectivity index (χ4v) is 1.73. The fraction of sp³-hybridized carbons (Fsp3) is 0.786. The molecule has 0 heterocycles. The lowest BCUT2D eigenvalue weighted by Gasteiger charge is -2.04. The smallest absolute Gasteiger partial charge is 0.120 e. The Kier molecular flexibility index (Phi) is 11.0. The van der Waals surface area contributed by atoms with E-state index in [0.717, 1.165) is 19.1 Å². The van der Waals surface area contributed by atoms with Crippen molar-refractivity contribution in [3.05, 3.63) is 11.6 Å². The topological polar surface area (TPSA) is 17.1 Å². The Morgan fingerprint density at radius 1 is 1.00 bits per heavy atom. The molecule has 0 fully saturated rings. The van der Waals surface area contributed by atoms with E-state index in [1.807, 2.05) is 0 Å². The monoisotopic (exact) mass is 210 g/mol. The molecule has 0 saturated heterocycles. The molecule has 0 aliphatic carbocycles. The summed E-state index contributed by atoms with van der Waals surface area (Å²) in [6, 6.07) is 0. The highest BCUT2D eigenvalue weighted by Gasteiger charge is 1.95. The molecule has 0 atom stereocenters. The van der Waals surface area contributed by atoms with Crippen molar-refractivity contribution in [2.45, 2.75) is 71.6 Å². The Bertz CT molecular complexity index is 170. The molecule has 15 heavy (non-hydrogen) atoms. The number of carbonyl (C=O) groups excluding carboxylic acids is 1. The van der Waals surface area contributed by atoms with E-state index in [4.69, 9.17) is 0 Å². The zero-order valence-corrected chi connectivity index (χ0v) is 10.4. The van der Waals surface area contributed by atoms with Crippen LogP contribution >= 0.6 is 0 Å². The molecule has 0 rings (SSSR count). The molecule has 0 aliphatic rings. The van der Waals surface area contributed by atoms with Gasteiger partial charge < -0.3 is 4.79 Å². The van der Waals surface area contributed by atoms with E-state index in [-0.39, 0.29) is 0 Å². The van der Waals surface area contributed by atoms with Crippen molar-refractivity contribution >= 4 is 6.29 Å². The quantitative estimate of drug-likeness (QED) is 0.291. The van der Waals surface area contributed by atoms with Gasteiger partial charge in [-0.3, -0.25) is 0 Å². The van der Waals surface area contributed by atoms with Crippen LogP contribution in [0.2, 0.25) is 0 Å². The molecule has 0 radical (unpaired) electrons. The lowest BCUT2D eigenvalue weighted by atomic mass is 10.0. The third-order valence-corrected chi connectivity index (χ3v) is 2.77. The van der Waals surface area contributed by atoms with Crippen LogP contribution < -0.4 is 0 Å². The van der Waals surface area contributed by atoms with Gasteiger partial charge in [-0.15, -0.1) is 0 Å². The van der Waals surface area contributed by atoms with E-state index in [1.54, 1.807) is 0 Å². The summed E-state index contributed by atoms with van der Waals surface area (Å²) in [7, 11) is 0. The van der Waals surface area contributed by atoms with E-state index >= 15 is 0 Å². The molecular formula is C14H26O. The highest BCUT2D eigenvalue weighted by atomic mass is 16.1. The molecule has 0 aromatic rings. The van der Waals surface area contributed by atoms with Gasteiger partial charge in [0.25, 0.3) is 0 Å². The third-order valence-electron chi connectivity index (χ3n) is 2.77. The maximum absolute atomic E-state index is 10.2. The molecule has 0 aromatic carbocycles. The zero-order chi connectivity index (χ0) is 11.4. The van der Waals surface area contributed by atoms with E-state index in [9.17, 15) is 4.79 Å². The summed E-state index contributed by atoms with van der Waals surface area (Å²) in [5, 5.41) is 0. The molecule has 0 N–H and O–H groups in total. The first-order valence-electron chi connectivity index (χ1n) is 6.46. The summed E-state index contributed by atoms with van der Waals surface area (Å²) in [5.74, 6) is 0. The van der Waals surface area contributed by atoms with Crippen molar-refractivity contribution in [3.8, 4) is 0 Å². The van der Waals surface area contributed by atoms with E-state index in [0.29, 0.717) is 6.42 Å². The van der Waals surface area contributed by atoms with Crippen LogP contribution in [0.15, 0.2) is 11.6 Å². The maximum atomic E-state index is 10.2. The molecule has 0 amide bonds. The van der Waals surface area contributed by atoms with Gasteiger partial charge >= 0.3 is 0 Å². The summed E-state index contributed by atoms with van der Waals surface area (Å²) in [6.45, 7) is 4.45. The highest BCUT2D eigenvalue weighted by Crippen LogP contribution is 2.14. The molecular weight excluding hydrogens is 184 g/mol. The number of carbonyl (C=O) groups is 1. The van der Waals surface area contributed by atoms with Gasteiger partial charge in [0, 0.05) is 6.42 Å². The van der Waals surface area contributed by atoms with Crippen molar-refractivity contribution in [3.63, 3.8) is 0 Å². The van der Waals surface area contributed by atoms with Gasteiger partial charge in [0.1, 0.15) is 6.29 Å². The molecule has 0 spiro atoms. The summed E-state index contributed by atoms with van der Waals surface area (Å²) in [5.41, 5.74) is 1.54. The molecule has 88 valence electrons. The zero-order valence-electron chi connectivity index (χ0n) is 10.4. The van der Waals surface area contributed by atoms with Crippen LogP contribution in [0, 0.1) is 0 Å². The summed E-state index contributed by atoms with van der Waals surface area (Å²) < 4.78 is 0. The highest BCUT2D eigenvalue weighted by molar-refractivity contribution is 5.49. The van der Waals surface area contributed by atoms with Gasteiger partial charge in [-0.25, -0.2) is 0 Å². The number of aldehydes is 1. The van der Waals surface area contributed by atoms with Crippen LogP contribution in [0.1, 0.15) is 71.6 Å². The minimum atomic E-state index is 0.680.